The summed E-state index contributed by atoms with van der Waals surface area (Å²) in [4.78, 5) is -0.0629. The molecule has 4 aromatic rings. The minimum absolute atomic E-state index is 0.00104. The number of sulfonamides is 2. The van der Waals surface area contributed by atoms with E-state index in [0.717, 1.165) is 48.5 Å². The maximum atomic E-state index is 13.1. The highest BCUT2D eigenvalue weighted by Crippen LogP contribution is 2.25. The van der Waals surface area contributed by atoms with Crippen LogP contribution < -0.4 is 9.03 Å². The topological polar surface area (TPSA) is 83.6 Å². The fraction of sp³-hybridized carbons (Fsp3) is 0.143. The third kappa shape index (κ3) is 8.30. The lowest BCUT2D eigenvalue weighted by Gasteiger charge is -2.26. The van der Waals surface area contributed by atoms with E-state index in [1.807, 2.05) is 13.8 Å². The van der Waals surface area contributed by atoms with E-state index >= 15 is 0 Å². The number of rotatable bonds is 8. The predicted octanol–water partition coefficient (Wildman–Crippen LogP) is 6.58. The molecule has 212 valence electrons. The van der Waals surface area contributed by atoms with Crippen LogP contribution in [0.2, 0.25) is 0 Å². The summed E-state index contributed by atoms with van der Waals surface area (Å²) >= 11 is 0. The zero-order valence-corrected chi connectivity index (χ0v) is 23.1. The van der Waals surface area contributed by atoms with Crippen LogP contribution in [0.3, 0.4) is 0 Å². The molecule has 0 saturated carbocycles. The second-order valence-corrected chi connectivity index (χ2v) is 12.5. The molecule has 4 aromatic carbocycles. The predicted molar refractivity (Wildman–Crippen MR) is 146 cm³/mol. The number of nitrogens with zero attached hydrogens (tertiary/aromatic N) is 1. The van der Waals surface area contributed by atoms with E-state index in [4.69, 9.17) is 0 Å². The molecule has 0 aliphatic heterocycles. The molecule has 6 nitrogen and oxygen atoms in total. The normalized spacial score (nSPS) is 11.5. The van der Waals surface area contributed by atoms with E-state index in [1.165, 1.54) is 52.8 Å². The van der Waals surface area contributed by atoms with Crippen LogP contribution in [-0.2, 0) is 20.0 Å². The summed E-state index contributed by atoms with van der Waals surface area (Å²) in [5, 5.41) is 0. The third-order valence-corrected chi connectivity index (χ3v) is 8.47. The number of benzene rings is 4. The highest BCUT2D eigenvalue weighted by atomic mass is 32.2. The second kappa shape index (κ2) is 13.0. The lowest BCUT2D eigenvalue weighted by molar-refractivity contribution is 0.576. The molecule has 0 saturated heterocycles. The first-order valence-electron chi connectivity index (χ1n) is 11.9. The van der Waals surface area contributed by atoms with Crippen LogP contribution >= 0.6 is 0 Å². The molecule has 0 aromatic heterocycles. The van der Waals surface area contributed by atoms with Crippen LogP contribution in [0.25, 0.3) is 0 Å². The van der Waals surface area contributed by atoms with E-state index in [2.05, 4.69) is 4.72 Å². The molecule has 1 N–H and O–H groups in total. The van der Waals surface area contributed by atoms with Crippen molar-refractivity contribution in [2.75, 3.05) is 15.6 Å². The van der Waals surface area contributed by atoms with Crippen LogP contribution in [0.15, 0.2) is 107 Å². The largest absolute Gasteiger partial charge is 0.280 e. The summed E-state index contributed by atoms with van der Waals surface area (Å²) in [6.07, 6.45) is 0. The van der Waals surface area contributed by atoms with Gasteiger partial charge in [0.25, 0.3) is 20.0 Å². The van der Waals surface area contributed by atoms with Gasteiger partial charge < -0.3 is 0 Å². The Labute approximate surface area is 231 Å². The molecule has 0 aliphatic rings. The number of halogens is 4. The van der Waals surface area contributed by atoms with Gasteiger partial charge in [-0.2, -0.15) is 0 Å². The lowest BCUT2D eigenvalue weighted by atomic mass is 10.2. The Kier molecular flexibility index (Phi) is 9.93. The van der Waals surface area contributed by atoms with Crippen molar-refractivity contribution in [1.82, 2.24) is 0 Å². The molecular weight excluding hydrogens is 568 g/mol. The number of hydrogen-bond donors (Lipinski definition) is 1. The van der Waals surface area contributed by atoms with Gasteiger partial charge in [-0.1, -0.05) is 13.8 Å². The average Bonchev–Trinajstić information content (AvgIpc) is 2.90. The Balaban J connectivity index is 0.000000225. The fourth-order valence-corrected chi connectivity index (χ4v) is 6.05. The second-order valence-electron chi connectivity index (χ2n) is 8.93. The van der Waals surface area contributed by atoms with E-state index in [-0.39, 0.29) is 27.9 Å². The maximum Gasteiger partial charge on any atom is 0.264 e. The van der Waals surface area contributed by atoms with Crippen molar-refractivity contribution >= 4 is 31.4 Å². The van der Waals surface area contributed by atoms with Crippen LogP contribution in [0.4, 0.5) is 28.9 Å². The van der Waals surface area contributed by atoms with Crippen LogP contribution in [-0.4, -0.2) is 23.4 Å². The molecule has 0 aliphatic carbocycles. The first-order chi connectivity index (χ1) is 18.8. The van der Waals surface area contributed by atoms with Crippen LogP contribution in [0.1, 0.15) is 13.8 Å². The van der Waals surface area contributed by atoms with Crippen LogP contribution in [0, 0.1) is 29.2 Å². The van der Waals surface area contributed by atoms with Gasteiger partial charge in [0, 0.05) is 12.2 Å². The monoisotopic (exact) mass is 594 g/mol. The maximum absolute atomic E-state index is 13.1. The van der Waals surface area contributed by atoms with Gasteiger partial charge in [-0.25, -0.2) is 34.4 Å². The van der Waals surface area contributed by atoms with Crippen molar-refractivity contribution in [3.63, 3.8) is 0 Å². The SMILES string of the molecule is CC(C)CN(c1ccc(F)cc1)S(=O)(=O)c1ccc(F)cc1.O=S(=O)(Nc1ccc(F)cc1)c1ccc(F)cc1. The Morgan fingerprint density at radius 3 is 1.40 bits per heavy atom. The van der Waals surface area contributed by atoms with Crippen molar-refractivity contribution in [3.8, 4) is 0 Å². The molecule has 12 heteroatoms. The first kappa shape index (κ1) is 30.6. The quantitative estimate of drug-likeness (QED) is 0.234. The van der Waals surface area contributed by atoms with Gasteiger partial charge in [0.15, 0.2) is 0 Å². The number of anilines is 2. The molecule has 0 bridgehead atoms. The Morgan fingerprint density at radius 2 is 0.975 bits per heavy atom. The molecule has 0 atom stereocenters. The van der Waals surface area contributed by atoms with Gasteiger partial charge in [-0.15, -0.1) is 0 Å². The summed E-state index contributed by atoms with van der Waals surface area (Å²) in [6, 6.07) is 19.2. The Bertz CT molecular complexity index is 1610. The zero-order chi connectivity index (χ0) is 29.5. The van der Waals surface area contributed by atoms with Gasteiger partial charge >= 0.3 is 0 Å². The van der Waals surface area contributed by atoms with E-state index in [1.54, 1.807) is 0 Å². The van der Waals surface area contributed by atoms with Gasteiger partial charge in [-0.3, -0.25) is 9.03 Å². The molecule has 4 rings (SSSR count). The van der Waals surface area contributed by atoms with Crippen molar-refractivity contribution in [2.45, 2.75) is 23.6 Å². The van der Waals surface area contributed by atoms with Gasteiger partial charge in [0.2, 0.25) is 0 Å². The minimum atomic E-state index is -3.83. The van der Waals surface area contributed by atoms with Crippen molar-refractivity contribution < 1.29 is 34.4 Å². The Morgan fingerprint density at radius 1 is 0.600 bits per heavy atom. The van der Waals surface area contributed by atoms with Gasteiger partial charge in [0.05, 0.1) is 15.5 Å². The molecule has 0 fully saturated rings. The number of nitrogens with one attached hydrogen (secondary N) is 1. The molecule has 0 amide bonds. The molecule has 0 heterocycles. The molecule has 0 unspecified atom stereocenters. The minimum Gasteiger partial charge on any atom is -0.280 e. The van der Waals surface area contributed by atoms with Crippen LogP contribution in [0.5, 0.6) is 0 Å². The van der Waals surface area contributed by atoms with E-state index < -0.39 is 43.3 Å². The summed E-state index contributed by atoms with van der Waals surface area (Å²) in [6.45, 7) is 4.01. The van der Waals surface area contributed by atoms with E-state index in [0.29, 0.717) is 5.69 Å². The smallest absolute Gasteiger partial charge is 0.264 e. The molecule has 40 heavy (non-hydrogen) atoms. The summed E-state index contributed by atoms with van der Waals surface area (Å²) in [5.41, 5.74) is 0.611. The molecular formula is C28H26F4N2O4S2. The lowest BCUT2D eigenvalue weighted by Crippen LogP contribution is -2.34. The summed E-state index contributed by atoms with van der Waals surface area (Å²) in [7, 11) is -7.62. The highest BCUT2D eigenvalue weighted by Gasteiger charge is 2.25. The van der Waals surface area contributed by atoms with Crippen molar-refractivity contribution in [3.05, 3.63) is 120 Å². The number of hydrogen-bond acceptors (Lipinski definition) is 4. The highest BCUT2D eigenvalue weighted by molar-refractivity contribution is 7.93. The van der Waals surface area contributed by atoms with Crippen molar-refractivity contribution in [1.29, 1.82) is 0 Å². The zero-order valence-electron chi connectivity index (χ0n) is 21.4. The van der Waals surface area contributed by atoms with E-state index in [9.17, 15) is 34.4 Å². The van der Waals surface area contributed by atoms with Crippen molar-refractivity contribution in [2.24, 2.45) is 5.92 Å². The average molecular weight is 595 g/mol. The fourth-order valence-electron chi connectivity index (χ4n) is 3.36. The van der Waals surface area contributed by atoms with Gasteiger partial charge in [0.1, 0.15) is 23.3 Å². The molecule has 0 spiro atoms. The standard InChI is InChI=1S/C16H17F2NO2S.C12H9F2NO2S/c1-12(2)11-19(15-7-3-13(17)4-8-15)22(20,21)16-9-5-14(18)6-10-16;13-9-1-5-11(6-2-9)15-18(16,17)12-7-3-10(14)4-8-12/h3-10,12H,11H2,1-2H3;1-8,15H. The third-order valence-electron chi connectivity index (χ3n) is 5.27. The summed E-state index contributed by atoms with van der Waals surface area (Å²) < 4.78 is 104. The van der Waals surface area contributed by atoms with Gasteiger partial charge in [-0.05, 0) is 103 Å². The Hall–Kier alpha value is -3.90. The summed E-state index contributed by atoms with van der Waals surface area (Å²) in [5.74, 6) is -1.85. The molecule has 0 radical (unpaired) electrons. The first-order valence-corrected chi connectivity index (χ1v) is 14.8.